The number of hydrogen-bond donors (Lipinski definition) is 3. The van der Waals surface area contributed by atoms with Gasteiger partial charge in [0.15, 0.2) is 0 Å². The Labute approximate surface area is 450 Å². The first-order valence-corrected chi connectivity index (χ1v) is 32.6. The second-order valence-electron chi connectivity index (χ2n) is 22.5. The van der Waals surface area contributed by atoms with E-state index < -0.39 is 12.1 Å². The molecule has 0 heterocycles. The Kier molecular flexibility index (Phi) is 60.5. The van der Waals surface area contributed by atoms with Crippen LogP contribution in [0.4, 0.5) is 0 Å². The first-order valence-electron chi connectivity index (χ1n) is 32.6. The van der Waals surface area contributed by atoms with Gasteiger partial charge >= 0.3 is 5.97 Å². The molecule has 0 spiro atoms. The van der Waals surface area contributed by atoms with Crippen LogP contribution in [0.25, 0.3) is 0 Å². The Morgan fingerprint density at radius 2 is 0.694 bits per heavy atom. The number of amides is 1. The molecule has 0 aromatic carbocycles. The van der Waals surface area contributed by atoms with E-state index in [4.69, 9.17) is 4.74 Å². The lowest BCUT2D eigenvalue weighted by molar-refractivity contribution is -0.143. The highest BCUT2D eigenvalue weighted by Crippen LogP contribution is 2.18. The van der Waals surface area contributed by atoms with Crippen LogP contribution >= 0.6 is 0 Å². The lowest BCUT2D eigenvalue weighted by atomic mass is 10.0. The van der Waals surface area contributed by atoms with Crippen molar-refractivity contribution >= 4 is 11.9 Å². The van der Waals surface area contributed by atoms with E-state index in [9.17, 15) is 19.8 Å². The fourth-order valence-corrected chi connectivity index (χ4v) is 10.3. The summed E-state index contributed by atoms with van der Waals surface area (Å²) in [5, 5.41) is 23.3. The highest BCUT2D eigenvalue weighted by Gasteiger charge is 2.20. The van der Waals surface area contributed by atoms with Gasteiger partial charge in [-0.15, -0.1) is 0 Å². The molecule has 0 radical (unpaired) electrons. The van der Waals surface area contributed by atoms with Crippen LogP contribution in [-0.4, -0.2) is 47.4 Å². The van der Waals surface area contributed by atoms with Gasteiger partial charge in [-0.1, -0.05) is 314 Å². The molecule has 0 bridgehead atoms. The summed E-state index contributed by atoms with van der Waals surface area (Å²) in [7, 11) is 0. The van der Waals surface area contributed by atoms with Crippen LogP contribution in [0.2, 0.25) is 0 Å². The predicted molar refractivity (Wildman–Crippen MR) is 315 cm³/mol. The van der Waals surface area contributed by atoms with Crippen LogP contribution in [0.3, 0.4) is 0 Å². The average molecular weight is 1010 g/mol. The molecule has 0 rings (SSSR count). The number of carbonyl (C=O) groups excluding carboxylic acids is 2. The zero-order chi connectivity index (χ0) is 52.2. The molecular weight excluding hydrogens is 887 g/mol. The van der Waals surface area contributed by atoms with E-state index in [2.05, 4.69) is 43.5 Å². The number of ether oxygens (including phenoxy) is 1. The molecule has 0 fully saturated rings. The summed E-state index contributed by atoms with van der Waals surface area (Å²) in [6.45, 7) is 4.95. The van der Waals surface area contributed by atoms with Crippen LogP contribution in [-0.2, 0) is 14.3 Å². The molecule has 0 saturated heterocycles. The third-order valence-corrected chi connectivity index (χ3v) is 15.3. The largest absolute Gasteiger partial charge is 0.466 e. The minimum absolute atomic E-state index is 0.00757. The van der Waals surface area contributed by atoms with Crippen molar-refractivity contribution < 1.29 is 24.5 Å². The molecule has 2 atom stereocenters. The van der Waals surface area contributed by atoms with E-state index in [0.29, 0.717) is 25.9 Å². The molecule has 0 aromatic rings. The average Bonchev–Trinajstić information content (AvgIpc) is 3.38. The predicted octanol–water partition coefficient (Wildman–Crippen LogP) is 20.6. The second kappa shape index (κ2) is 61.9. The summed E-state index contributed by atoms with van der Waals surface area (Å²) in [6, 6.07) is -0.543. The van der Waals surface area contributed by atoms with E-state index in [-0.39, 0.29) is 18.5 Å². The summed E-state index contributed by atoms with van der Waals surface area (Å²) in [4.78, 5) is 24.6. The number of esters is 1. The number of aliphatic hydroxyl groups is 2. The zero-order valence-corrected chi connectivity index (χ0v) is 48.7. The van der Waals surface area contributed by atoms with Crippen molar-refractivity contribution in [1.82, 2.24) is 5.32 Å². The molecule has 0 aliphatic rings. The van der Waals surface area contributed by atoms with Gasteiger partial charge in [-0.25, -0.2) is 0 Å². The van der Waals surface area contributed by atoms with E-state index in [0.717, 1.165) is 51.4 Å². The SMILES string of the molecule is CCCCC/C=C\C/C=C\CCCCCCCCCCCC(=O)OCCCCCCCCCCCCCCCCCCCCCCC(=O)NC(CO)C(O)CCCCCCCCCCCCCCCCCC. The highest BCUT2D eigenvalue weighted by molar-refractivity contribution is 5.76. The lowest BCUT2D eigenvalue weighted by Crippen LogP contribution is -2.45. The number of aliphatic hydroxyl groups excluding tert-OH is 2. The van der Waals surface area contributed by atoms with Crippen molar-refractivity contribution in [1.29, 1.82) is 0 Å². The zero-order valence-electron chi connectivity index (χ0n) is 48.7. The fraction of sp³-hybridized carbons (Fsp3) is 0.909. The third-order valence-electron chi connectivity index (χ3n) is 15.3. The smallest absolute Gasteiger partial charge is 0.305 e. The molecule has 426 valence electrons. The molecule has 1 amide bonds. The summed E-state index contributed by atoms with van der Waals surface area (Å²) in [5.74, 6) is -0.0266. The van der Waals surface area contributed by atoms with Crippen LogP contribution in [0.15, 0.2) is 24.3 Å². The number of nitrogens with one attached hydrogen (secondary N) is 1. The topological polar surface area (TPSA) is 95.9 Å². The maximum absolute atomic E-state index is 12.5. The van der Waals surface area contributed by atoms with Crippen LogP contribution < -0.4 is 5.32 Å². The maximum Gasteiger partial charge on any atom is 0.305 e. The first-order chi connectivity index (χ1) is 35.5. The van der Waals surface area contributed by atoms with Crippen molar-refractivity contribution in [2.24, 2.45) is 0 Å². The Hall–Kier alpha value is -1.66. The van der Waals surface area contributed by atoms with Gasteiger partial charge in [-0.2, -0.15) is 0 Å². The van der Waals surface area contributed by atoms with Gasteiger partial charge in [-0.05, 0) is 57.8 Å². The van der Waals surface area contributed by atoms with Gasteiger partial charge in [-0.3, -0.25) is 9.59 Å². The second-order valence-corrected chi connectivity index (χ2v) is 22.5. The Morgan fingerprint density at radius 3 is 1.08 bits per heavy atom. The third kappa shape index (κ3) is 57.6. The van der Waals surface area contributed by atoms with E-state index in [1.807, 2.05) is 0 Å². The number of carbonyl (C=O) groups is 2. The Morgan fingerprint density at radius 1 is 0.389 bits per heavy atom. The van der Waals surface area contributed by atoms with Crippen molar-refractivity contribution in [3.8, 4) is 0 Å². The van der Waals surface area contributed by atoms with Gasteiger partial charge in [0.2, 0.25) is 5.91 Å². The van der Waals surface area contributed by atoms with Crippen molar-refractivity contribution in [3.63, 3.8) is 0 Å². The van der Waals surface area contributed by atoms with Gasteiger partial charge in [0.1, 0.15) is 0 Å². The number of rotatable bonds is 61. The van der Waals surface area contributed by atoms with Gasteiger partial charge < -0.3 is 20.3 Å². The number of allylic oxidation sites excluding steroid dienone is 4. The van der Waals surface area contributed by atoms with E-state index >= 15 is 0 Å². The van der Waals surface area contributed by atoms with Crippen molar-refractivity contribution in [2.75, 3.05) is 13.2 Å². The molecule has 72 heavy (non-hydrogen) atoms. The Bertz CT molecular complexity index is 1120. The molecular formula is C66H127NO5. The van der Waals surface area contributed by atoms with Gasteiger partial charge in [0.25, 0.3) is 0 Å². The van der Waals surface area contributed by atoms with Crippen molar-refractivity contribution in [3.05, 3.63) is 24.3 Å². The molecule has 0 aromatic heterocycles. The summed E-state index contributed by atoms with van der Waals surface area (Å²) in [5.41, 5.74) is 0. The summed E-state index contributed by atoms with van der Waals surface area (Å²) >= 11 is 0. The normalized spacial score (nSPS) is 12.7. The first kappa shape index (κ1) is 70.3. The molecule has 0 saturated carbocycles. The van der Waals surface area contributed by atoms with Crippen LogP contribution in [0.5, 0.6) is 0 Å². The summed E-state index contributed by atoms with van der Waals surface area (Å²) in [6.07, 6.45) is 76.2. The summed E-state index contributed by atoms with van der Waals surface area (Å²) < 4.78 is 5.50. The van der Waals surface area contributed by atoms with E-state index in [1.54, 1.807) is 0 Å². The maximum atomic E-state index is 12.5. The van der Waals surface area contributed by atoms with Crippen molar-refractivity contribution in [2.45, 2.75) is 373 Å². The molecule has 6 heteroatoms. The fourth-order valence-electron chi connectivity index (χ4n) is 10.3. The molecule has 3 N–H and O–H groups in total. The molecule has 2 unspecified atom stereocenters. The number of hydrogen-bond acceptors (Lipinski definition) is 5. The Balaban J connectivity index is 3.37. The highest BCUT2D eigenvalue weighted by atomic mass is 16.5. The standard InChI is InChI=1S/C66H127NO5/c1-3-5-7-9-11-13-15-17-19-21-24-28-32-36-40-44-48-52-56-60-66(71)72-61-57-53-49-45-41-37-33-29-26-23-22-25-27-31-35-39-43-47-51-55-59-65(70)67-63(62-68)64(69)58-54-50-46-42-38-34-30-20-18-16-14-12-10-8-6-4-2/h11,13,17,19,63-64,68-69H,3-10,12,14-16,18,20-62H2,1-2H3,(H,67,70)/b13-11-,19-17-. The van der Waals surface area contributed by atoms with Crippen LogP contribution in [0, 0.1) is 0 Å². The molecule has 0 aliphatic carbocycles. The number of unbranched alkanes of at least 4 members (excludes halogenated alkanes) is 46. The minimum atomic E-state index is -0.666. The monoisotopic (exact) mass is 1010 g/mol. The van der Waals surface area contributed by atoms with Crippen LogP contribution in [0.1, 0.15) is 361 Å². The molecule has 0 aliphatic heterocycles. The van der Waals surface area contributed by atoms with E-state index in [1.165, 1.54) is 276 Å². The van der Waals surface area contributed by atoms with Gasteiger partial charge in [0.05, 0.1) is 25.4 Å². The quantitative estimate of drug-likeness (QED) is 0.0320. The van der Waals surface area contributed by atoms with Gasteiger partial charge in [0, 0.05) is 12.8 Å². The minimum Gasteiger partial charge on any atom is -0.466 e. The lowest BCUT2D eigenvalue weighted by Gasteiger charge is -2.22. The molecule has 6 nitrogen and oxygen atoms in total.